The number of pyridine rings is 1. The van der Waals surface area contributed by atoms with Crippen LogP contribution in [0.1, 0.15) is 36.6 Å². The summed E-state index contributed by atoms with van der Waals surface area (Å²) in [5.74, 6) is 0.404. The monoisotopic (exact) mass is 433 g/mol. The van der Waals surface area contributed by atoms with Crippen LogP contribution < -0.4 is 5.32 Å². The second kappa shape index (κ2) is 8.86. The zero-order chi connectivity index (χ0) is 21.9. The fourth-order valence-electron chi connectivity index (χ4n) is 3.37. The Morgan fingerprint density at radius 2 is 2.07 bits per heavy atom. The van der Waals surface area contributed by atoms with Gasteiger partial charge in [0.2, 0.25) is 0 Å². The van der Waals surface area contributed by atoms with Crippen LogP contribution in [-0.4, -0.2) is 46.1 Å². The number of aryl methyl sites for hydroxylation is 3. The highest BCUT2D eigenvalue weighted by Gasteiger charge is 2.22. The third-order valence-corrected chi connectivity index (χ3v) is 5.92. The van der Waals surface area contributed by atoms with Crippen LogP contribution in [0.2, 0.25) is 0 Å². The minimum atomic E-state index is -4.03. The van der Waals surface area contributed by atoms with Gasteiger partial charge >= 0.3 is 16.2 Å². The largest absolute Gasteiger partial charge is 0.422 e. The number of unbranched alkanes of at least 4 members (excludes halogenated alkanes) is 1. The Hall–Kier alpha value is -2.88. The van der Waals surface area contributed by atoms with Gasteiger partial charge in [-0.1, -0.05) is 13.3 Å². The average molecular weight is 434 g/mol. The highest BCUT2D eigenvalue weighted by molar-refractivity contribution is 7.87. The Labute approximate surface area is 176 Å². The van der Waals surface area contributed by atoms with E-state index in [0.717, 1.165) is 40.8 Å². The molecule has 0 aromatic carbocycles. The third-order valence-electron chi connectivity index (χ3n) is 4.81. The van der Waals surface area contributed by atoms with Crippen molar-refractivity contribution in [1.82, 2.24) is 24.6 Å². The summed E-state index contributed by atoms with van der Waals surface area (Å²) in [4.78, 5) is 16.2. The van der Waals surface area contributed by atoms with Gasteiger partial charge in [-0.25, -0.2) is 9.78 Å². The summed E-state index contributed by atoms with van der Waals surface area (Å²) in [5, 5.41) is 7.88. The van der Waals surface area contributed by atoms with Gasteiger partial charge in [-0.15, -0.1) is 0 Å². The van der Waals surface area contributed by atoms with E-state index in [1.165, 1.54) is 0 Å². The van der Waals surface area contributed by atoms with Crippen molar-refractivity contribution in [3.05, 3.63) is 41.3 Å². The molecule has 0 aliphatic heterocycles. The van der Waals surface area contributed by atoms with E-state index in [1.54, 1.807) is 17.9 Å². The van der Waals surface area contributed by atoms with Gasteiger partial charge in [0.15, 0.2) is 0 Å². The van der Waals surface area contributed by atoms with Gasteiger partial charge in [0.05, 0.1) is 11.4 Å². The second-order valence-electron chi connectivity index (χ2n) is 7.29. The highest BCUT2D eigenvalue weighted by atomic mass is 32.2. The number of rotatable bonds is 8. The lowest BCUT2D eigenvalue weighted by atomic mass is 10.2. The first-order chi connectivity index (χ1) is 14.2. The fraction of sp³-hybridized carbons (Fsp3) is 0.450. The lowest BCUT2D eigenvalue weighted by molar-refractivity contribution is 0.202. The molecule has 1 N–H and O–H groups in total. The van der Waals surface area contributed by atoms with Crippen LogP contribution in [0.4, 0.5) is 4.79 Å². The minimum absolute atomic E-state index is 0.158. The van der Waals surface area contributed by atoms with Crippen molar-refractivity contribution in [1.29, 1.82) is 0 Å². The molecule has 0 unspecified atom stereocenters. The van der Waals surface area contributed by atoms with Gasteiger partial charge in [0, 0.05) is 36.9 Å². The topological polar surface area (TPSA) is 108 Å². The van der Waals surface area contributed by atoms with Gasteiger partial charge < -0.3 is 9.50 Å². The molecular formula is C20H27N5O4S. The van der Waals surface area contributed by atoms with Gasteiger partial charge in [-0.2, -0.15) is 13.5 Å². The molecule has 0 spiro atoms. The molecule has 0 aliphatic carbocycles. The summed E-state index contributed by atoms with van der Waals surface area (Å²) in [6, 6.07) is 4.00. The van der Waals surface area contributed by atoms with E-state index >= 15 is 0 Å². The van der Waals surface area contributed by atoms with Gasteiger partial charge in [0.1, 0.15) is 11.5 Å². The van der Waals surface area contributed by atoms with Crippen LogP contribution in [-0.2, 0) is 27.8 Å². The lowest BCUT2D eigenvalue weighted by Crippen LogP contribution is -2.29. The fourth-order valence-corrected chi connectivity index (χ4v) is 4.20. The first kappa shape index (κ1) is 21.8. The van der Waals surface area contributed by atoms with Gasteiger partial charge in [-0.05, 0) is 44.4 Å². The molecule has 3 heterocycles. The molecule has 30 heavy (non-hydrogen) atoms. The number of hydrogen-bond donors (Lipinski definition) is 1. The van der Waals surface area contributed by atoms with E-state index in [0.29, 0.717) is 12.2 Å². The van der Waals surface area contributed by atoms with Crippen LogP contribution in [0.25, 0.3) is 16.9 Å². The maximum Gasteiger partial charge on any atom is 0.422 e. The molecule has 10 heteroatoms. The van der Waals surface area contributed by atoms with Crippen LogP contribution >= 0.6 is 0 Å². The first-order valence-corrected chi connectivity index (χ1v) is 11.5. The van der Waals surface area contributed by atoms with Crippen LogP contribution in [0.15, 0.2) is 24.5 Å². The maximum atomic E-state index is 12.3. The van der Waals surface area contributed by atoms with Crippen molar-refractivity contribution in [2.45, 2.75) is 40.0 Å². The first-order valence-electron chi connectivity index (χ1n) is 9.88. The summed E-state index contributed by atoms with van der Waals surface area (Å²) in [6.07, 6.45) is 4.54. The zero-order valence-corrected chi connectivity index (χ0v) is 18.5. The number of carbonyl (C=O) groups is 1. The van der Waals surface area contributed by atoms with E-state index in [-0.39, 0.29) is 12.2 Å². The average Bonchev–Trinajstić information content (AvgIpc) is 3.18. The molecule has 3 rings (SSSR count). The molecule has 1 amide bonds. The lowest BCUT2D eigenvalue weighted by Gasteiger charge is -2.10. The van der Waals surface area contributed by atoms with Crippen LogP contribution in [0.3, 0.4) is 0 Å². The zero-order valence-electron chi connectivity index (χ0n) is 17.7. The molecule has 3 aromatic rings. The quantitative estimate of drug-likeness (QED) is 0.432. The highest BCUT2D eigenvalue weighted by Crippen LogP contribution is 2.24. The van der Waals surface area contributed by atoms with E-state index in [9.17, 15) is 13.2 Å². The van der Waals surface area contributed by atoms with Crippen LogP contribution in [0, 0.1) is 13.8 Å². The summed E-state index contributed by atoms with van der Waals surface area (Å²) in [5.41, 5.74) is 3.29. The number of fused-ring (bicyclic) bond motifs is 1. The van der Waals surface area contributed by atoms with Crippen molar-refractivity contribution in [2.75, 3.05) is 12.3 Å². The number of hydrogen-bond acceptors (Lipinski definition) is 6. The smallest absolute Gasteiger partial charge is 0.328 e. The molecule has 0 radical (unpaired) electrons. The Balaban J connectivity index is 1.81. The van der Waals surface area contributed by atoms with Crippen molar-refractivity contribution < 1.29 is 17.4 Å². The van der Waals surface area contributed by atoms with Crippen LogP contribution in [0.5, 0.6) is 0 Å². The second-order valence-corrected chi connectivity index (χ2v) is 8.98. The predicted octanol–water partition coefficient (Wildman–Crippen LogP) is 2.77. The number of aromatic nitrogens is 4. The number of nitrogens with one attached hydrogen (secondary N) is 1. The standard InChI is InChI=1S/C20H27N5O4S/c1-5-6-9-21-20(26)29-30(27,28)11-8-17-15(3)23-24(4)19(17)25-10-7-16-12-14(2)13-22-18(16)25/h7,10,12-13H,5-6,8-9,11H2,1-4H3,(H,21,26). The van der Waals surface area contributed by atoms with Crippen molar-refractivity contribution in [2.24, 2.45) is 7.05 Å². The molecule has 0 bridgehead atoms. The molecule has 0 fully saturated rings. The predicted molar refractivity (Wildman–Crippen MR) is 114 cm³/mol. The minimum Gasteiger partial charge on any atom is -0.328 e. The molecule has 0 aliphatic rings. The molecule has 9 nitrogen and oxygen atoms in total. The maximum absolute atomic E-state index is 12.3. The van der Waals surface area contributed by atoms with Crippen molar-refractivity contribution >= 4 is 27.2 Å². The van der Waals surface area contributed by atoms with E-state index in [1.807, 2.05) is 43.7 Å². The third kappa shape index (κ3) is 4.81. The Kier molecular flexibility index (Phi) is 6.45. The summed E-state index contributed by atoms with van der Waals surface area (Å²) >= 11 is 0. The van der Waals surface area contributed by atoms with Gasteiger partial charge in [-0.3, -0.25) is 9.25 Å². The summed E-state index contributed by atoms with van der Waals surface area (Å²) < 4.78 is 32.8. The van der Waals surface area contributed by atoms with Gasteiger partial charge in [0.25, 0.3) is 0 Å². The van der Waals surface area contributed by atoms with E-state index in [2.05, 4.69) is 19.6 Å². The molecule has 3 aromatic heterocycles. The van der Waals surface area contributed by atoms with Crippen molar-refractivity contribution in [3.8, 4) is 5.82 Å². The summed E-state index contributed by atoms with van der Waals surface area (Å²) in [7, 11) is -2.23. The summed E-state index contributed by atoms with van der Waals surface area (Å²) in [6.45, 7) is 6.16. The molecule has 0 saturated carbocycles. The number of amides is 1. The molecule has 0 atom stereocenters. The molecule has 162 valence electrons. The number of carbonyl (C=O) groups excluding carboxylic acids is 1. The molecular weight excluding hydrogens is 406 g/mol. The van der Waals surface area contributed by atoms with Crippen molar-refractivity contribution in [3.63, 3.8) is 0 Å². The normalized spacial score (nSPS) is 11.7. The molecule has 0 saturated heterocycles. The Morgan fingerprint density at radius 1 is 1.30 bits per heavy atom. The SMILES string of the molecule is CCCCNC(=O)OS(=O)(=O)CCc1c(C)nn(C)c1-n1ccc2cc(C)cnc21. The Morgan fingerprint density at radius 3 is 2.80 bits per heavy atom. The van der Waals surface area contributed by atoms with E-state index < -0.39 is 16.2 Å². The number of nitrogens with zero attached hydrogens (tertiary/aromatic N) is 4. The van der Waals surface area contributed by atoms with E-state index in [4.69, 9.17) is 0 Å². The Bertz CT molecular complexity index is 1160.